The zero-order valence-corrected chi connectivity index (χ0v) is 12.7. The van der Waals surface area contributed by atoms with Gasteiger partial charge in [0.1, 0.15) is 5.69 Å². The van der Waals surface area contributed by atoms with Crippen LogP contribution in [0.15, 0.2) is 60.7 Å². The van der Waals surface area contributed by atoms with E-state index in [1.165, 1.54) is 0 Å². The molecule has 0 bridgehead atoms. The molecule has 0 amide bonds. The van der Waals surface area contributed by atoms with Crippen molar-refractivity contribution in [3.63, 3.8) is 0 Å². The Morgan fingerprint density at radius 3 is 1.88 bits per heavy atom. The Balaban J connectivity index is 1.95. The highest BCUT2D eigenvalue weighted by atomic mass is 15.0. The molecule has 0 fully saturated rings. The van der Waals surface area contributed by atoms with E-state index in [1.54, 1.807) is 0 Å². The monoisotopic (exact) mass is 314 g/mol. The van der Waals surface area contributed by atoms with Gasteiger partial charge in [-0.05, 0) is 0 Å². The number of aromatic nitrogens is 4. The summed E-state index contributed by atoms with van der Waals surface area (Å²) in [6.45, 7) is 0. The van der Waals surface area contributed by atoms with Gasteiger partial charge in [-0.25, -0.2) is 19.9 Å². The van der Waals surface area contributed by atoms with Crippen LogP contribution in [0.25, 0.3) is 33.8 Å². The standard InChI is InChI=1S/C18H14N6/c19-15-13(11-7-3-1-4-8-11)22-18-14(21-15)16(20)23-17(24-18)12-9-5-2-6-10-12/h1-10H,(H2,19,21)(H2,20,22,23,24). The normalized spacial score (nSPS) is 10.8. The molecule has 4 aromatic rings. The van der Waals surface area contributed by atoms with E-state index in [2.05, 4.69) is 19.9 Å². The molecule has 6 heteroatoms. The summed E-state index contributed by atoms with van der Waals surface area (Å²) in [5, 5.41) is 0. The second-order valence-electron chi connectivity index (χ2n) is 5.29. The molecule has 0 saturated heterocycles. The van der Waals surface area contributed by atoms with Crippen LogP contribution in [0.2, 0.25) is 0 Å². The van der Waals surface area contributed by atoms with E-state index in [-0.39, 0.29) is 5.82 Å². The minimum absolute atomic E-state index is 0.262. The van der Waals surface area contributed by atoms with Crippen LogP contribution in [0.4, 0.5) is 11.6 Å². The van der Waals surface area contributed by atoms with Crippen LogP contribution in [0.1, 0.15) is 0 Å². The van der Waals surface area contributed by atoms with Crippen LogP contribution in [0, 0.1) is 0 Å². The highest BCUT2D eigenvalue weighted by Crippen LogP contribution is 2.27. The molecular formula is C18H14N6. The summed E-state index contributed by atoms with van der Waals surface area (Å²) in [7, 11) is 0. The van der Waals surface area contributed by atoms with E-state index in [9.17, 15) is 0 Å². The maximum absolute atomic E-state index is 6.05. The summed E-state index contributed by atoms with van der Waals surface area (Å²) in [5.41, 5.74) is 15.3. The van der Waals surface area contributed by atoms with Gasteiger partial charge in [-0.1, -0.05) is 60.7 Å². The van der Waals surface area contributed by atoms with E-state index >= 15 is 0 Å². The summed E-state index contributed by atoms with van der Waals surface area (Å²) in [4.78, 5) is 17.8. The first-order valence-corrected chi connectivity index (χ1v) is 7.44. The Bertz CT molecular complexity index is 1020. The molecule has 24 heavy (non-hydrogen) atoms. The molecule has 0 radical (unpaired) electrons. The fraction of sp³-hybridized carbons (Fsp3) is 0. The molecule has 0 saturated carbocycles. The number of rotatable bonds is 2. The molecule has 4 N–H and O–H groups in total. The molecule has 0 unspecified atom stereocenters. The minimum atomic E-state index is 0.262. The third-order valence-corrected chi connectivity index (χ3v) is 3.66. The molecule has 0 aliphatic rings. The molecule has 4 rings (SSSR count). The van der Waals surface area contributed by atoms with Gasteiger partial charge in [0.15, 0.2) is 28.6 Å². The predicted octanol–water partition coefficient (Wildman–Crippen LogP) is 2.92. The Hall–Kier alpha value is -3.54. The molecule has 0 atom stereocenters. The van der Waals surface area contributed by atoms with Crippen molar-refractivity contribution in [1.82, 2.24) is 19.9 Å². The summed E-state index contributed by atoms with van der Waals surface area (Å²) in [6, 6.07) is 19.2. The Kier molecular flexibility index (Phi) is 3.28. The van der Waals surface area contributed by atoms with E-state index in [4.69, 9.17) is 11.5 Å². The van der Waals surface area contributed by atoms with Gasteiger partial charge in [-0.2, -0.15) is 0 Å². The number of hydrogen-bond donors (Lipinski definition) is 2. The van der Waals surface area contributed by atoms with Gasteiger partial charge in [0.2, 0.25) is 0 Å². The number of nitrogens with zero attached hydrogens (tertiary/aromatic N) is 4. The molecule has 2 heterocycles. The topological polar surface area (TPSA) is 104 Å². The first kappa shape index (κ1) is 14.1. The molecule has 2 aromatic carbocycles. The second kappa shape index (κ2) is 5.58. The third kappa shape index (κ3) is 2.40. The van der Waals surface area contributed by atoms with Gasteiger partial charge in [0.25, 0.3) is 0 Å². The first-order chi connectivity index (χ1) is 11.7. The van der Waals surface area contributed by atoms with Crippen molar-refractivity contribution in [3.8, 4) is 22.6 Å². The van der Waals surface area contributed by atoms with Crippen LogP contribution >= 0.6 is 0 Å². The molecule has 6 nitrogen and oxygen atoms in total. The summed E-state index contributed by atoms with van der Waals surface area (Å²) < 4.78 is 0. The lowest BCUT2D eigenvalue weighted by Gasteiger charge is -2.08. The van der Waals surface area contributed by atoms with Gasteiger partial charge >= 0.3 is 0 Å². The summed E-state index contributed by atoms with van der Waals surface area (Å²) in [6.07, 6.45) is 0. The van der Waals surface area contributed by atoms with Crippen molar-refractivity contribution < 1.29 is 0 Å². The quantitative estimate of drug-likeness (QED) is 0.589. The van der Waals surface area contributed by atoms with Crippen molar-refractivity contribution in [2.75, 3.05) is 11.5 Å². The minimum Gasteiger partial charge on any atom is -0.382 e. The van der Waals surface area contributed by atoms with E-state index in [1.807, 2.05) is 60.7 Å². The van der Waals surface area contributed by atoms with Gasteiger partial charge in [-0.15, -0.1) is 0 Å². The van der Waals surface area contributed by atoms with Crippen molar-refractivity contribution in [3.05, 3.63) is 60.7 Å². The van der Waals surface area contributed by atoms with Crippen LogP contribution in [0.3, 0.4) is 0 Å². The summed E-state index contributed by atoms with van der Waals surface area (Å²) in [5.74, 6) is 1.08. The number of nitrogen functional groups attached to an aromatic ring is 2. The lowest BCUT2D eigenvalue weighted by molar-refractivity contribution is 1.16. The maximum Gasteiger partial charge on any atom is 0.184 e. The summed E-state index contributed by atoms with van der Waals surface area (Å²) >= 11 is 0. The lowest BCUT2D eigenvalue weighted by Crippen LogP contribution is -2.05. The highest BCUT2D eigenvalue weighted by Gasteiger charge is 2.14. The fourth-order valence-electron chi connectivity index (χ4n) is 2.51. The number of hydrogen-bond acceptors (Lipinski definition) is 6. The molecular weight excluding hydrogens is 300 g/mol. The first-order valence-electron chi connectivity index (χ1n) is 7.44. The van der Waals surface area contributed by atoms with Crippen molar-refractivity contribution >= 4 is 22.8 Å². The second-order valence-corrected chi connectivity index (χ2v) is 5.29. The molecule has 2 aromatic heterocycles. The van der Waals surface area contributed by atoms with Crippen LogP contribution in [0.5, 0.6) is 0 Å². The molecule has 0 aliphatic heterocycles. The fourth-order valence-corrected chi connectivity index (χ4v) is 2.51. The molecule has 0 aliphatic carbocycles. The highest BCUT2D eigenvalue weighted by molar-refractivity contribution is 5.87. The average Bonchev–Trinajstić information content (AvgIpc) is 2.63. The van der Waals surface area contributed by atoms with Gasteiger partial charge in [-0.3, -0.25) is 0 Å². The zero-order valence-electron chi connectivity index (χ0n) is 12.7. The van der Waals surface area contributed by atoms with Gasteiger partial charge in [0.05, 0.1) is 0 Å². The van der Waals surface area contributed by atoms with Gasteiger partial charge in [0, 0.05) is 11.1 Å². The Morgan fingerprint density at radius 2 is 1.21 bits per heavy atom. The van der Waals surface area contributed by atoms with E-state index < -0.39 is 0 Å². The maximum atomic E-state index is 6.05. The van der Waals surface area contributed by atoms with E-state index in [0.717, 1.165) is 11.1 Å². The van der Waals surface area contributed by atoms with Crippen LogP contribution in [-0.4, -0.2) is 19.9 Å². The van der Waals surface area contributed by atoms with Crippen LogP contribution in [-0.2, 0) is 0 Å². The Labute approximate surface area is 138 Å². The largest absolute Gasteiger partial charge is 0.382 e. The van der Waals surface area contributed by atoms with Crippen LogP contribution < -0.4 is 11.5 Å². The van der Waals surface area contributed by atoms with Gasteiger partial charge < -0.3 is 11.5 Å². The number of nitrogens with two attached hydrogens (primary N) is 2. The average molecular weight is 314 g/mol. The lowest BCUT2D eigenvalue weighted by atomic mass is 10.1. The zero-order chi connectivity index (χ0) is 16.5. The van der Waals surface area contributed by atoms with E-state index in [0.29, 0.717) is 28.5 Å². The SMILES string of the molecule is Nc1nc2c(N)nc(-c3ccccc3)nc2nc1-c1ccccc1. The van der Waals surface area contributed by atoms with Crippen molar-refractivity contribution in [2.24, 2.45) is 0 Å². The number of anilines is 2. The molecule has 0 spiro atoms. The smallest absolute Gasteiger partial charge is 0.184 e. The third-order valence-electron chi connectivity index (χ3n) is 3.66. The van der Waals surface area contributed by atoms with Crippen molar-refractivity contribution in [1.29, 1.82) is 0 Å². The predicted molar refractivity (Wildman–Crippen MR) is 94.8 cm³/mol. The molecule has 116 valence electrons. The van der Waals surface area contributed by atoms with Crippen molar-refractivity contribution in [2.45, 2.75) is 0 Å². The number of fused-ring (bicyclic) bond motifs is 1. The Morgan fingerprint density at radius 1 is 0.583 bits per heavy atom. The number of benzene rings is 2.